The van der Waals surface area contributed by atoms with Gasteiger partial charge in [-0.25, -0.2) is 0 Å². The van der Waals surface area contributed by atoms with Crippen molar-refractivity contribution in [2.75, 3.05) is 13.2 Å². The van der Waals surface area contributed by atoms with Crippen LogP contribution in [-0.2, 0) is 4.74 Å². The lowest BCUT2D eigenvalue weighted by molar-refractivity contribution is 0.176. The fourth-order valence-corrected chi connectivity index (χ4v) is 1.98. The number of nitrogens with two attached hydrogens (primary N) is 1. The van der Waals surface area contributed by atoms with Crippen molar-refractivity contribution in [3.8, 4) is 5.75 Å². The summed E-state index contributed by atoms with van der Waals surface area (Å²) in [7, 11) is 0. The first-order chi connectivity index (χ1) is 8.81. The van der Waals surface area contributed by atoms with Gasteiger partial charge in [0.05, 0.1) is 19.3 Å². The molecule has 1 aromatic rings. The Kier molecular flexibility index (Phi) is 4.65. The Morgan fingerprint density at radius 2 is 2.33 bits per heavy atom. The molecule has 1 aliphatic heterocycles. The van der Waals surface area contributed by atoms with Gasteiger partial charge < -0.3 is 15.2 Å². The molecule has 0 bridgehead atoms. The van der Waals surface area contributed by atoms with Crippen LogP contribution in [0.5, 0.6) is 5.75 Å². The van der Waals surface area contributed by atoms with Gasteiger partial charge in [0.1, 0.15) is 11.5 Å². The monoisotopic (exact) mass is 247 g/mol. The van der Waals surface area contributed by atoms with E-state index in [2.05, 4.69) is 13.0 Å². The molecule has 0 aromatic heterocycles. The van der Waals surface area contributed by atoms with Crippen LogP contribution >= 0.6 is 0 Å². The fraction of sp³-hybridized carbons (Fsp3) is 0.467. The SMILES string of the molecule is CCCOc1cccc(C(N)C2=CCCCO2)c1. The van der Waals surface area contributed by atoms with E-state index in [1.807, 2.05) is 24.3 Å². The maximum atomic E-state index is 6.22. The highest BCUT2D eigenvalue weighted by atomic mass is 16.5. The van der Waals surface area contributed by atoms with Crippen LogP contribution in [0, 0.1) is 0 Å². The molecule has 3 nitrogen and oxygen atoms in total. The zero-order chi connectivity index (χ0) is 12.8. The van der Waals surface area contributed by atoms with Crippen LogP contribution in [0.4, 0.5) is 0 Å². The van der Waals surface area contributed by atoms with Gasteiger partial charge in [0.2, 0.25) is 0 Å². The summed E-state index contributed by atoms with van der Waals surface area (Å²) in [5, 5.41) is 0. The molecular weight excluding hydrogens is 226 g/mol. The molecule has 1 unspecified atom stereocenters. The Balaban J connectivity index is 2.09. The average Bonchev–Trinajstić information content (AvgIpc) is 2.45. The van der Waals surface area contributed by atoms with Gasteiger partial charge in [0, 0.05) is 0 Å². The predicted octanol–water partition coefficient (Wildman–Crippen LogP) is 3.17. The zero-order valence-electron chi connectivity index (χ0n) is 10.9. The van der Waals surface area contributed by atoms with Gasteiger partial charge in [-0.2, -0.15) is 0 Å². The van der Waals surface area contributed by atoms with Crippen molar-refractivity contribution in [3.05, 3.63) is 41.7 Å². The minimum Gasteiger partial charge on any atom is -0.496 e. The molecule has 3 heteroatoms. The highest BCUT2D eigenvalue weighted by molar-refractivity contribution is 5.33. The minimum absolute atomic E-state index is 0.185. The van der Waals surface area contributed by atoms with Gasteiger partial charge in [0.15, 0.2) is 0 Å². The second-order valence-corrected chi connectivity index (χ2v) is 4.50. The van der Waals surface area contributed by atoms with Gasteiger partial charge in [-0.05, 0) is 43.0 Å². The van der Waals surface area contributed by atoms with E-state index in [1.165, 1.54) is 0 Å². The Hall–Kier alpha value is -1.48. The number of allylic oxidation sites excluding steroid dienone is 1. The number of ether oxygens (including phenoxy) is 2. The normalized spacial score (nSPS) is 16.7. The van der Waals surface area contributed by atoms with Gasteiger partial charge in [0.25, 0.3) is 0 Å². The van der Waals surface area contributed by atoms with Crippen LogP contribution in [0.3, 0.4) is 0 Å². The molecule has 1 heterocycles. The van der Waals surface area contributed by atoms with Crippen molar-refractivity contribution >= 4 is 0 Å². The molecule has 0 aliphatic carbocycles. The molecule has 18 heavy (non-hydrogen) atoms. The van der Waals surface area contributed by atoms with Gasteiger partial charge in [-0.1, -0.05) is 19.1 Å². The molecule has 1 aromatic carbocycles. The predicted molar refractivity (Wildman–Crippen MR) is 72.4 cm³/mol. The second-order valence-electron chi connectivity index (χ2n) is 4.50. The van der Waals surface area contributed by atoms with E-state index in [0.29, 0.717) is 0 Å². The fourth-order valence-electron chi connectivity index (χ4n) is 1.98. The molecule has 98 valence electrons. The van der Waals surface area contributed by atoms with Crippen molar-refractivity contribution in [2.24, 2.45) is 5.73 Å². The summed E-state index contributed by atoms with van der Waals surface area (Å²) in [5.41, 5.74) is 7.26. The third-order valence-electron chi connectivity index (χ3n) is 2.96. The van der Waals surface area contributed by atoms with Crippen molar-refractivity contribution < 1.29 is 9.47 Å². The van der Waals surface area contributed by atoms with Crippen LogP contribution in [0.25, 0.3) is 0 Å². The summed E-state index contributed by atoms with van der Waals surface area (Å²) in [6, 6.07) is 7.77. The molecule has 0 saturated heterocycles. The summed E-state index contributed by atoms with van der Waals surface area (Å²) in [6.45, 7) is 3.60. The third-order valence-corrected chi connectivity index (χ3v) is 2.96. The number of hydrogen-bond acceptors (Lipinski definition) is 3. The number of benzene rings is 1. The van der Waals surface area contributed by atoms with Crippen molar-refractivity contribution in [2.45, 2.75) is 32.2 Å². The standard InChI is InChI=1S/C15H21NO2/c1-2-9-17-13-7-5-6-12(11-13)15(16)14-8-3-4-10-18-14/h5-8,11,15H,2-4,9-10,16H2,1H3. The maximum absolute atomic E-state index is 6.22. The first kappa shape index (κ1) is 13.0. The van der Waals surface area contributed by atoms with Crippen LogP contribution < -0.4 is 10.5 Å². The van der Waals surface area contributed by atoms with Crippen LogP contribution in [-0.4, -0.2) is 13.2 Å². The van der Waals surface area contributed by atoms with Crippen molar-refractivity contribution in [1.29, 1.82) is 0 Å². The molecular formula is C15H21NO2. The molecule has 0 fully saturated rings. The molecule has 2 rings (SSSR count). The molecule has 0 amide bonds. The Morgan fingerprint density at radius 1 is 1.44 bits per heavy atom. The first-order valence-electron chi connectivity index (χ1n) is 6.62. The zero-order valence-corrected chi connectivity index (χ0v) is 10.9. The molecule has 1 aliphatic rings. The van der Waals surface area contributed by atoms with Gasteiger partial charge >= 0.3 is 0 Å². The number of hydrogen-bond donors (Lipinski definition) is 1. The first-order valence-corrected chi connectivity index (χ1v) is 6.62. The van der Waals surface area contributed by atoms with E-state index in [9.17, 15) is 0 Å². The third kappa shape index (κ3) is 3.26. The molecule has 2 N–H and O–H groups in total. The highest BCUT2D eigenvalue weighted by Crippen LogP contribution is 2.26. The van der Waals surface area contributed by atoms with Crippen molar-refractivity contribution in [1.82, 2.24) is 0 Å². The lowest BCUT2D eigenvalue weighted by Crippen LogP contribution is -2.17. The highest BCUT2D eigenvalue weighted by Gasteiger charge is 2.16. The van der Waals surface area contributed by atoms with E-state index in [4.69, 9.17) is 15.2 Å². The summed E-state index contributed by atoms with van der Waals surface area (Å²) < 4.78 is 11.2. The maximum Gasteiger partial charge on any atom is 0.119 e. The second kappa shape index (κ2) is 6.45. The van der Waals surface area contributed by atoms with Gasteiger partial charge in [-0.3, -0.25) is 0 Å². The topological polar surface area (TPSA) is 44.5 Å². The van der Waals surface area contributed by atoms with E-state index >= 15 is 0 Å². The summed E-state index contributed by atoms with van der Waals surface area (Å²) in [5.74, 6) is 1.76. The van der Waals surface area contributed by atoms with E-state index < -0.39 is 0 Å². The van der Waals surface area contributed by atoms with Gasteiger partial charge in [-0.15, -0.1) is 0 Å². The Labute approximate surface area is 109 Å². The summed E-state index contributed by atoms with van der Waals surface area (Å²) in [4.78, 5) is 0. The average molecular weight is 247 g/mol. The smallest absolute Gasteiger partial charge is 0.119 e. The number of rotatable bonds is 5. The molecule has 0 radical (unpaired) electrons. The van der Waals surface area contributed by atoms with Crippen molar-refractivity contribution in [3.63, 3.8) is 0 Å². The molecule has 0 spiro atoms. The Morgan fingerprint density at radius 3 is 3.06 bits per heavy atom. The lowest BCUT2D eigenvalue weighted by atomic mass is 10.0. The molecule has 0 saturated carbocycles. The van der Waals surface area contributed by atoms with Crippen LogP contribution in [0.2, 0.25) is 0 Å². The summed E-state index contributed by atoms with van der Waals surface area (Å²) >= 11 is 0. The lowest BCUT2D eigenvalue weighted by Gasteiger charge is -2.21. The summed E-state index contributed by atoms with van der Waals surface area (Å²) in [6.07, 6.45) is 5.23. The largest absolute Gasteiger partial charge is 0.496 e. The molecule has 1 atom stereocenters. The van der Waals surface area contributed by atoms with E-state index in [0.717, 1.165) is 49.5 Å². The van der Waals surface area contributed by atoms with E-state index in [1.54, 1.807) is 0 Å². The quantitative estimate of drug-likeness (QED) is 0.869. The van der Waals surface area contributed by atoms with Crippen LogP contribution in [0.1, 0.15) is 37.8 Å². The minimum atomic E-state index is -0.185. The Bertz CT molecular complexity index is 415. The van der Waals surface area contributed by atoms with Crippen LogP contribution in [0.15, 0.2) is 36.1 Å². The van der Waals surface area contributed by atoms with E-state index in [-0.39, 0.29) is 6.04 Å².